The zero-order chi connectivity index (χ0) is 11.4. The van der Waals surface area contributed by atoms with E-state index in [1.54, 1.807) is 4.90 Å². The smallest absolute Gasteiger partial charge is 0.248 e. The molecule has 0 spiro atoms. The minimum absolute atomic E-state index is 0.00581. The van der Waals surface area contributed by atoms with Crippen LogP contribution in [0, 0.1) is 5.92 Å². The maximum atomic E-state index is 11.3. The second-order valence-corrected chi connectivity index (χ2v) is 4.09. The van der Waals surface area contributed by atoms with Crippen LogP contribution in [0.15, 0.2) is 0 Å². The quantitative estimate of drug-likeness (QED) is 0.693. The first kappa shape index (κ1) is 12.0. The van der Waals surface area contributed by atoms with Crippen LogP contribution in [-0.4, -0.2) is 49.6 Å². The molecule has 86 valence electrons. The molecule has 5 heteroatoms. The molecule has 1 fully saturated rings. The van der Waals surface area contributed by atoms with E-state index in [9.17, 15) is 9.59 Å². The summed E-state index contributed by atoms with van der Waals surface area (Å²) in [6.45, 7) is 5.01. The fourth-order valence-corrected chi connectivity index (χ4v) is 1.36. The Morgan fingerprint density at radius 3 is 2.53 bits per heavy atom. The van der Waals surface area contributed by atoms with E-state index >= 15 is 0 Å². The molecule has 1 heterocycles. The predicted octanol–water partition coefficient (Wildman–Crippen LogP) is -0.384. The molecule has 0 bridgehead atoms. The number of nitrogens with zero attached hydrogens (tertiary/aromatic N) is 1. The number of rotatable bonds is 4. The summed E-state index contributed by atoms with van der Waals surface area (Å²) in [4.78, 5) is 24.3. The summed E-state index contributed by atoms with van der Waals surface area (Å²) < 4.78 is 4.74. The van der Waals surface area contributed by atoms with Gasteiger partial charge in [-0.25, -0.2) is 0 Å². The molecule has 5 nitrogen and oxygen atoms in total. The Morgan fingerprint density at radius 1 is 1.47 bits per heavy atom. The lowest BCUT2D eigenvalue weighted by Gasteiger charge is -2.39. The van der Waals surface area contributed by atoms with Crippen molar-refractivity contribution in [3.63, 3.8) is 0 Å². The summed E-state index contributed by atoms with van der Waals surface area (Å²) in [5, 5.41) is 2.87. The summed E-state index contributed by atoms with van der Waals surface area (Å²) in [6.07, 6.45) is 0. The molecule has 0 aromatic carbocycles. The fraction of sp³-hybridized carbons (Fsp3) is 0.800. The predicted molar refractivity (Wildman–Crippen MR) is 55.2 cm³/mol. The zero-order valence-electron chi connectivity index (χ0n) is 9.45. The summed E-state index contributed by atoms with van der Waals surface area (Å²) >= 11 is 0. The summed E-state index contributed by atoms with van der Waals surface area (Å²) in [5.74, 6) is 0.0140. The van der Waals surface area contributed by atoms with Gasteiger partial charge >= 0.3 is 0 Å². The summed E-state index contributed by atoms with van der Waals surface area (Å²) in [6, 6.07) is 0.112. The molecule has 1 aliphatic heterocycles. The Labute approximate surface area is 89.8 Å². The van der Waals surface area contributed by atoms with E-state index in [2.05, 4.69) is 5.32 Å². The molecule has 1 N–H and O–H groups in total. The van der Waals surface area contributed by atoms with Crippen molar-refractivity contribution in [3.8, 4) is 0 Å². The van der Waals surface area contributed by atoms with Crippen LogP contribution in [-0.2, 0) is 14.3 Å². The van der Waals surface area contributed by atoms with E-state index in [4.69, 9.17) is 4.74 Å². The maximum Gasteiger partial charge on any atom is 0.248 e. The first-order valence-corrected chi connectivity index (χ1v) is 5.11. The Bertz CT molecular complexity index is 247. The SMILES string of the molecule is COCC(=O)N1CC(NC(=O)C(C)C)C1. The molecule has 0 unspecified atom stereocenters. The molecule has 2 amide bonds. The third kappa shape index (κ3) is 3.20. The highest BCUT2D eigenvalue weighted by Crippen LogP contribution is 2.08. The van der Waals surface area contributed by atoms with Crippen molar-refractivity contribution in [2.75, 3.05) is 26.8 Å². The number of likely N-dealkylation sites (tertiary alicyclic amines) is 1. The molecule has 0 aromatic rings. The standard InChI is InChI=1S/C10H18N2O3/c1-7(2)10(14)11-8-4-12(5-8)9(13)6-15-3/h7-8H,4-6H2,1-3H3,(H,11,14). The van der Waals surface area contributed by atoms with E-state index in [-0.39, 0.29) is 30.4 Å². The molecular formula is C10H18N2O3. The Balaban J connectivity index is 2.20. The topological polar surface area (TPSA) is 58.6 Å². The van der Waals surface area contributed by atoms with E-state index in [1.165, 1.54) is 7.11 Å². The van der Waals surface area contributed by atoms with Gasteiger partial charge in [-0.1, -0.05) is 13.8 Å². The highest BCUT2D eigenvalue weighted by molar-refractivity contribution is 5.80. The summed E-state index contributed by atoms with van der Waals surface area (Å²) in [5.41, 5.74) is 0. The van der Waals surface area contributed by atoms with Crippen molar-refractivity contribution in [3.05, 3.63) is 0 Å². The lowest BCUT2D eigenvalue weighted by Crippen LogP contribution is -2.62. The van der Waals surface area contributed by atoms with Crippen molar-refractivity contribution in [1.29, 1.82) is 0 Å². The lowest BCUT2D eigenvalue weighted by molar-refractivity contribution is -0.141. The Morgan fingerprint density at radius 2 is 2.07 bits per heavy atom. The van der Waals surface area contributed by atoms with E-state index in [0.29, 0.717) is 13.1 Å². The van der Waals surface area contributed by atoms with Gasteiger partial charge in [0.05, 0.1) is 6.04 Å². The largest absolute Gasteiger partial charge is 0.375 e. The normalized spacial score (nSPS) is 16.4. The van der Waals surface area contributed by atoms with Crippen LogP contribution in [0.1, 0.15) is 13.8 Å². The number of ether oxygens (including phenoxy) is 1. The molecule has 0 saturated carbocycles. The molecule has 0 atom stereocenters. The highest BCUT2D eigenvalue weighted by atomic mass is 16.5. The number of hydrogen-bond acceptors (Lipinski definition) is 3. The van der Waals surface area contributed by atoms with Gasteiger partial charge in [-0.2, -0.15) is 0 Å². The van der Waals surface area contributed by atoms with Crippen LogP contribution in [0.2, 0.25) is 0 Å². The van der Waals surface area contributed by atoms with Crippen molar-refractivity contribution >= 4 is 11.8 Å². The average Bonchev–Trinajstić information content (AvgIpc) is 2.10. The van der Waals surface area contributed by atoms with Crippen LogP contribution in [0.4, 0.5) is 0 Å². The minimum Gasteiger partial charge on any atom is -0.375 e. The van der Waals surface area contributed by atoms with Crippen molar-refractivity contribution in [2.24, 2.45) is 5.92 Å². The second-order valence-electron chi connectivity index (χ2n) is 4.09. The van der Waals surface area contributed by atoms with Gasteiger partial charge in [-0.15, -0.1) is 0 Å². The molecule has 0 aliphatic carbocycles. The molecule has 0 aromatic heterocycles. The average molecular weight is 214 g/mol. The van der Waals surface area contributed by atoms with E-state index in [0.717, 1.165) is 0 Å². The Kier molecular flexibility index (Phi) is 4.08. The molecule has 0 radical (unpaired) electrons. The lowest BCUT2D eigenvalue weighted by atomic mass is 10.1. The van der Waals surface area contributed by atoms with Crippen LogP contribution in [0.25, 0.3) is 0 Å². The van der Waals surface area contributed by atoms with Crippen LogP contribution in [0.5, 0.6) is 0 Å². The molecule has 15 heavy (non-hydrogen) atoms. The van der Waals surface area contributed by atoms with Gasteiger partial charge in [0.2, 0.25) is 11.8 Å². The van der Waals surface area contributed by atoms with Gasteiger partial charge in [0, 0.05) is 26.1 Å². The van der Waals surface area contributed by atoms with Crippen LogP contribution < -0.4 is 5.32 Å². The number of methoxy groups -OCH3 is 1. The molecule has 1 rings (SSSR count). The van der Waals surface area contributed by atoms with E-state index in [1.807, 2.05) is 13.8 Å². The molecular weight excluding hydrogens is 196 g/mol. The highest BCUT2D eigenvalue weighted by Gasteiger charge is 2.31. The van der Waals surface area contributed by atoms with Gasteiger partial charge in [0.15, 0.2) is 0 Å². The van der Waals surface area contributed by atoms with Gasteiger partial charge in [-0.05, 0) is 0 Å². The molecule has 1 aliphatic rings. The monoisotopic (exact) mass is 214 g/mol. The molecule has 1 saturated heterocycles. The fourth-order valence-electron chi connectivity index (χ4n) is 1.36. The van der Waals surface area contributed by atoms with Crippen molar-refractivity contribution in [1.82, 2.24) is 10.2 Å². The maximum absolute atomic E-state index is 11.3. The minimum atomic E-state index is -0.0208. The third-order valence-electron chi connectivity index (χ3n) is 2.37. The first-order chi connectivity index (χ1) is 7.04. The Hall–Kier alpha value is -1.10. The van der Waals surface area contributed by atoms with Gasteiger partial charge in [-0.3, -0.25) is 9.59 Å². The van der Waals surface area contributed by atoms with Gasteiger partial charge in [0.1, 0.15) is 6.61 Å². The van der Waals surface area contributed by atoms with Crippen LogP contribution >= 0.6 is 0 Å². The van der Waals surface area contributed by atoms with Gasteiger partial charge < -0.3 is 15.0 Å². The number of carbonyl (C=O) groups is 2. The number of carbonyl (C=O) groups excluding carboxylic acids is 2. The number of amides is 2. The first-order valence-electron chi connectivity index (χ1n) is 5.11. The van der Waals surface area contributed by atoms with Crippen molar-refractivity contribution < 1.29 is 14.3 Å². The van der Waals surface area contributed by atoms with Crippen molar-refractivity contribution in [2.45, 2.75) is 19.9 Å². The van der Waals surface area contributed by atoms with E-state index < -0.39 is 0 Å². The third-order valence-corrected chi connectivity index (χ3v) is 2.37. The summed E-state index contributed by atoms with van der Waals surface area (Å²) in [7, 11) is 1.50. The second kappa shape index (κ2) is 5.11. The zero-order valence-corrected chi connectivity index (χ0v) is 9.45. The number of nitrogens with one attached hydrogen (secondary N) is 1. The van der Waals surface area contributed by atoms with Crippen LogP contribution in [0.3, 0.4) is 0 Å². The number of hydrogen-bond donors (Lipinski definition) is 1. The van der Waals surface area contributed by atoms with Gasteiger partial charge in [0.25, 0.3) is 0 Å².